The summed E-state index contributed by atoms with van der Waals surface area (Å²) in [6, 6.07) is 5.73. The van der Waals surface area contributed by atoms with Gasteiger partial charge in [-0.1, -0.05) is 23.7 Å². The van der Waals surface area contributed by atoms with Crippen molar-refractivity contribution in [2.24, 2.45) is 0 Å². The number of hydrogen-bond acceptors (Lipinski definition) is 5. The van der Waals surface area contributed by atoms with E-state index < -0.39 is 0 Å². The SMILES string of the molecule is CCOC(=O)CSc1c(Cl)cccc1CNCCOC. The van der Waals surface area contributed by atoms with Gasteiger partial charge in [-0.3, -0.25) is 4.79 Å². The standard InChI is InChI=1S/C14H20ClNO3S/c1-3-19-13(17)10-20-14-11(5-4-6-12(14)15)9-16-7-8-18-2/h4-6,16H,3,7-10H2,1-2H3. The second-order valence-corrected chi connectivity index (χ2v) is 5.38. The Balaban J connectivity index is 2.60. The van der Waals surface area contributed by atoms with E-state index in [2.05, 4.69) is 5.32 Å². The van der Waals surface area contributed by atoms with Gasteiger partial charge in [-0.25, -0.2) is 0 Å². The molecule has 0 unspecified atom stereocenters. The molecule has 0 fully saturated rings. The monoisotopic (exact) mass is 317 g/mol. The van der Waals surface area contributed by atoms with Crippen molar-refractivity contribution in [3.8, 4) is 0 Å². The summed E-state index contributed by atoms with van der Waals surface area (Å²) >= 11 is 7.61. The van der Waals surface area contributed by atoms with Crippen LogP contribution in [0.5, 0.6) is 0 Å². The zero-order chi connectivity index (χ0) is 14.8. The summed E-state index contributed by atoms with van der Waals surface area (Å²) < 4.78 is 9.91. The fourth-order valence-electron chi connectivity index (χ4n) is 1.59. The molecule has 0 radical (unpaired) electrons. The molecule has 20 heavy (non-hydrogen) atoms. The second-order valence-electron chi connectivity index (χ2n) is 3.99. The molecule has 0 aliphatic carbocycles. The number of esters is 1. The molecule has 0 aromatic heterocycles. The van der Waals surface area contributed by atoms with Gasteiger partial charge in [0.1, 0.15) is 0 Å². The average molecular weight is 318 g/mol. The average Bonchev–Trinajstić information content (AvgIpc) is 2.43. The van der Waals surface area contributed by atoms with Gasteiger partial charge in [-0.2, -0.15) is 0 Å². The molecule has 1 rings (SSSR count). The maximum Gasteiger partial charge on any atom is 0.316 e. The first-order chi connectivity index (χ1) is 9.69. The molecule has 112 valence electrons. The smallest absolute Gasteiger partial charge is 0.316 e. The molecule has 0 atom stereocenters. The van der Waals surface area contributed by atoms with Crippen LogP contribution >= 0.6 is 23.4 Å². The summed E-state index contributed by atoms with van der Waals surface area (Å²) in [6.45, 7) is 4.31. The Bertz CT molecular complexity index is 429. The Morgan fingerprint density at radius 3 is 2.95 bits per heavy atom. The van der Waals surface area contributed by atoms with Gasteiger partial charge in [0.05, 0.1) is 24.0 Å². The van der Waals surface area contributed by atoms with Crippen molar-refractivity contribution in [2.75, 3.05) is 32.6 Å². The van der Waals surface area contributed by atoms with Crippen molar-refractivity contribution < 1.29 is 14.3 Å². The minimum Gasteiger partial charge on any atom is -0.465 e. The van der Waals surface area contributed by atoms with E-state index >= 15 is 0 Å². The van der Waals surface area contributed by atoms with E-state index in [4.69, 9.17) is 21.1 Å². The summed E-state index contributed by atoms with van der Waals surface area (Å²) in [5.74, 6) is 0.0403. The molecule has 0 aliphatic rings. The van der Waals surface area contributed by atoms with Crippen molar-refractivity contribution in [3.63, 3.8) is 0 Å². The molecule has 1 aromatic rings. The van der Waals surface area contributed by atoms with E-state index in [1.54, 1.807) is 14.0 Å². The minimum atomic E-state index is -0.226. The van der Waals surface area contributed by atoms with Crippen molar-refractivity contribution >= 4 is 29.3 Å². The molecule has 1 aromatic carbocycles. The van der Waals surface area contributed by atoms with Gasteiger partial charge < -0.3 is 14.8 Å². The van der Waals surface area contributed by atoms with E-state index in [1.807, 2.05) is 18.2 Å². The number of nitrogens with one attached hydrogen (secondary N) is 1. The summed E-state index contributed by atoms with van der Waals surface area (Å²) in [6.07, 6.45) is 0. The highest BCUT2D eigenvalue weighted by Crippen LogP contribution is 2.30. The zero-order valence-electron chi connectivity index (χ0n) is 11.8. The van der Waals surface area contributed by atoms with Crippen LogP contribution < -0.4 is 5.32 Å². The molecular weight excluding hydrogens is 298 g/mol. The molecule has 0 bridgehead atoms. The number of hydrogen-bond donors (Lipinski definition) is 1. The van der Waals surface area contributed by atoms with Crippen molar-refractivity contribution in [1.29, 1.82) is 0 Å². The third-order valence-corrected chi connectivity index (χ3v) is 4.06. The van der Waals surface area contributed by atoms with E-state index in [-0.39, 0.29) is 11.7 Å². The van der Waals surface area contributed by atoms with Gasteiger partial charge in [0.15, 0.2) is 0 Å². The number of rotatable bonds is 9. The third-order valence-electron chi connectivity index (χ3n) is 2.49. The summed E-state index contributed by atoms with van der Waals surface area (Å²) in [4.78, 5) is 12.3. The number of carbonyl (C=O) groups is 1. The molecule has 4 nitrogen and oxygen atoms in total. The van der Waals surface area contributed by atoms with E-state index in [9.17, 15) is 4.79 Å². The van der Waals surface area contributed by atoms with Gasteiger partial charge in [-0.15, -0.1) is 11.8 Å². The Morgan fingerprint density at radius 2 is 2.25 bits per heavy atom. The maximum absolute atomic E-state index is 11.4. The Morgan fingerprint density at radius 1 is 1.45 bits per heavy atom. The van der Waals surface area contributed by atoms with Crippen molar-refractivity contribution in [2.45, 2.75) is 18.4 Å². The van der Waals surface area contributed by atoms with Gasteiger partial charge in [-0.05, 0) is 18.6 Å². The van der Waals surface area contributed by atoms with E-state index in [0.717, 1.165) is 17.0 Å². The van der Waals surface area contributed by atoms with Crippen LogP contribution in [-0.4, -0.2) is 38.6 Å². The third kappa shape index (κ3) is 6.13. The number of halogens is 1. The van der Waals surface area contributed by atoms with Crippen LogP contribution in [0.4, 0.5) is 0 Å². The summed E-state index contributed by atoms with van der Waals surface area (Å²) in [5.41, 5.74) is 1.07. The molecule has 0 amide bonds. The lowest BCUT2D eigenvalue weighted by molar-refractivity contribution is -0.139. The first kappa shape index (κ1) is 17.3. The highest BCUT2D eigenvalue weighted by Gasteiger charge is 2.10. The molecule has 0 saturated heterocycles. The summed E-state index contributed by atoms with van der Waals surface area (Å²) in [5, 5.41) is 3.93. The van der Waals surface area contributed by atoms with E-state index in [0.29, 0.717) is 24.8 Å². The maximum atomic E-state index is 11.4. The highest BCUT2D eigenvalue weighted by atomic mass is 35.5. The van der Waals surface area contributed by atoms with Crippen molar-refractivity contribution in [1.82, 2.24) is 5.32 Å². The van der Waals surface area contributed by atoms with Crippen molar-refractivity contribution in [3.05, 3.63) is 28.8 Å². The van der Waals surface area contributed by atoms with Gasteiger partial charge in [0, 0.05) is 25.1 Å². The second kappa shape index (κ2) is 10.0. The first-order valence-corrected chi connectivity index (χ1v) is 7.80. The Labute approximate surface area is 129 Å². The molecule has 1 N–H and O–H groups in total. The number of benzene rings is 1. The molecule has 0 aliphatic heterocycles. The van der Waals surface area contributed by atoms with Gasteiger partial charge in [0.2, 0.25) is 0 Å². The van der Waals surface area contributed by atoms with Crippen LogP contribution in [0.15, 0.2) is 23.1 Å². The number of ether oxygens (including phenoxy) is 2. The number of methoxy groups -OCH3 is 1. The lowest BCUT2D eigenvalue weighted by Gasteiger charge is -2.11. The van der Waals surface area contributed by atoms with Gasteiger partial charge >= 0.3 is 5.97 Å². The fraction of sp³-hybridized carbons (Fsp3) is 0.500. The minimum absolute atomic E-state index is 0.226. The lowest BCUT2D eigenvalue weighted by atomic mass is 10.2. The number of thioether (sulfide) groups is 1. The van der Waals surface area contributed by atoms with Crippen LogP contribution in [0, 0.1) is 0 Å². The number of carbonyl (C=O) groups excluding carboxylic acids is 1. The zero-order valence-corrected chi connectivity index (χ0v) is 13.4. The topological polar surface area (TPSA) is 47.6 Å². The Hall–Kier alpha value is -0.750. The summed E-state index contributed by atoms with van der Waals surface area (Å²) in [7, 11) is 1.67. The highest BCUT2D eigenvalue weighted by molar-refractivity contribution is 8.00. The van der Waals surface area contributed by atoms with Crippen LogP contribution in [-0.2, 0) is 20.8 Å². The van der Waals surface area contributed by atoms with Crippen LogP contribution in [0.1, 0.15) is 12.5 Å². The molecular formula is C14H20ClNO3S. The fourth-order valence-corrected chi connectivity index (χ4v) is 2.82. The quantitative estimate of drug-likeness (QED) is 0.431. The lowest BCUT2D eigenvalue weighted by Crippen LogP contribution is -2.19. The largest absolute Gasteiger partial charge is 0.465 e. The Kier molecular flexibility index (Phi) is 8.69. The molecule has 0 saturated carbocycles. The van der Waals surface area contributed by atoms with Crippen LogP contribution in [0.3, 0.4) is 0 Å². The molecule has 0 heterocycles. The van der Waals surface area contributed by atoms with Crippen LogP contribution in [0.2, 0.25) is 5.02 Å². The van der Waals surface area contributed by atoms with Gasteiger partial charge in [0.25, 0.3) is 0 Å². The predicted octanol–water partition coefficient (Wildman–Crippen LogP) is 2.73. The van der Waals surface area contributed by atoms with Crippen LogP contribution in [0.25, 0.3) is 0 Å². The molecule has 6 heteroatoms. The normalized spacial score (nSPS) is 10.6. The van der Waals surface area contributed by atoms with E-state index in [1.165, 1.54) is 11.8 Å². The predicted molar refractivity (Wildman–Crippen MR) is 82.4 cm³/mol. The molecule has 0 spiro atoms. The first-order valence-electron chi connectivity index (χ1n) is 6.44.